The molecule has 0 N–H and O–H groups in total. The number of sulfone groups is 1. The zero-order valence-corrected chi connectivity index (χ0v) is 10.8. The molecule has 1 rings (SSSR count). The molecule has 0 spiro atoms. The first kappa shape index (κ1) is 11.8. The van der Waals surface area contributed by atoms with Crippen molar-refractivity contribution < 1.29 is 8.42 Å². The van der Waals surface area contributed by atoms with Crippen molar-refractivity contribution in [1.82, 2.24) is 9.80 Å². The van der Waals surface area contributed by atoms with Crippen LogP contribution in [0.2, 0.25) is 0 Å². The van der Waals surface area contributed by atoms with Gasteiger partial charge in [0.2, 0.25) is 0 Å². The number of nitrogens with zero attached hydrogens (tertiary/aromatic N) is 2. The lowest BCUT2D eigenvalue weighted by atomic mass is 10.5. The largest absolute Gasteiger partial charge is 0.358 e. The SMILES string of the molecule is CN1CN(CCS(C)(=O)=O)C=C1CBr. The quantitative estimate of drug-likeness (QED) is 0.703. The fraction of sp³-hybridized carbons (Fsp3) is 0.750. The lowest BCUT2D eigenvalue weighted by molar-refractivity contribution is 0.300. The molecule has 0 bridgehead atoms. The van der Waals surface area contributed by atoms with Crippen LogP contribution in [0, 0.1) is 0 Å². The van der Waals surface area contributed by atoms with E-state index >= 15 is 0 Å². The standard InChI is InChI=1S/C8H15BrN2O2S/c1-10-7-11(6-8(10)5-9)3-4-14(2,12)13/h6H,3-5,7H2,1-2H3. The number of hydrogen-bond donors (Lipinski definition) is 0. The van der Waals surface area contributed by atoms with Gasteiger partial charge in [0.1, 0.15) is 9.84 Å². The molecule has 0 fully saturated rings. The lowest BCUT2D eigenvalue weighted by Gasteiger charge is -2.18. The predicted octanol–water partition coefficient (Wildman–Crippen LogP) is 0.472. The molecule has 0 aromatic rings. The first-order valence-electron chi connectivity index (χ1n) is 4.32. The van der Waals surface area contributed by atoms with E-state index in [1.807, 2.05) is 18.1 Å². The van der Waals surface area contributed by atoms with Gasteiger partial charge in [-0.25, -0.2) is 8.42 Å². The summed E-state index contributed by atoms with van der Waals surface area (Å²) in [5, 5.41) is 0.804. The maximum atomic E-state index is 11.0. The van der Waals surface area contributed by atoms with Crippen LogP contribution in [-0.4, -0.2) is 55.8 Å². The Labute approximate surface area is 93.6 Å². The summed E-state index contributed by atoms with van der Waals surface area (Å²) in [5.41, 5.74) is 1.18. The molecule has 0 aliphatic carbocycles. The minimum Gasteiger partial charge on any atom is -0.358 e. The van der Waals surface area contributed by atoms with E-state index in [4.69, 9.17) is 0 Å². The Morgan fingerprint density at radius 1 is 1.57 bits per heavy atom. The van der Waals surface area contributed by atoms with Crippen molar-refractivity contribution in [3.8, 4) is 0 Å². The van der Waals surface area contributed by atoms with Gasteiger partial charge in [-0.3, -0.25) is 0 Å². The highest BCUT2D eigenvalue weighted by molar-refractivity contribution is 9.09. The van der Waals surface area contributed by atoms with Crippen molar-refractivity contribution in [3.05, 3.63) is 11.9 Å². The molecule has 0 saturated carbocycles. The Bertz CT molecular complexity index is 326. The predicted molar refractivity (Wildman–Crippen MR) is 60.9 cm³/mol. The molecule has 14 heavy (non-hydrogen) atoms. The monoisotopic (exact) mass is 282 g/mol. The van der Waals surface area contributed by atoms with Gasteiger partial charge in [-0.1, -0.05) is 15.9 Å². The number of hydrogen-bond acceptors (Lipinski definition) is 4. The molecule has 1 aliphatic rings. The first-order chi connectivity index (χ1) is 6.42. The number of rotatable bonds is 4. The van der Waals surface area contributed by atoms with Crippen LogP contribution in [0.3, 0.4) is 0 Å². The van der Waals surface area contributed by atoms with Crippen LogP contribution in [0.1, 0.15) is 0 Å². The zero-order chi connectivity index (χ0) is 10.8. The van der Waals surface area contributed by atoms with Gasteiger partial charge in [0.15, 0.2) is 0 Å². The van der Waals surface area contributed by atoms with Crippen LogP contribution in [0.15, 0.2) is 11.9 Å². The van der Waals surface area contributed by atoms with Crippen LogP contribution in [-0.2, 0) is 9.84 Å². The second-order valence-corrected chi connectivity index (χ2v) is 6.36. The summed E-state index contributed by atoms with van der Waals surface area (Å²) in [4.78, 5) is 4.11. The van der Waals surface area contributed by atoms with E-state index in [0.717, 1.165) is 12.0 Å². The van der Waals surface area contributed by atoms with E-state index in [2.05, 4.69) is 20.8 Å². The van der Waals surface area contributed by atoms with Gasteiger partial charge in [-0.2, -0.15) is 0 Å². The van der Waals surface area contributed by atoms with Gasteiger partial charge in [0.25, 0.3) is 0 Å². The number of alkyl halides is 1. The molecular weight excluding hydrogens is 268 g/mol. The third-order valence-corrected chi connectivity index (χ3v) is 3.60. The van der Waals surface area contributed by atoms with Gasteiger partial charge in [-0.05, 0) is 0 Å². The molecule has 82 valence electrons. The van der Waals surface area contributed by atoms with Crippen LogP contribution in [0.5, 0.6) is 0 Å². The molecule has 0 aromatic carbocycles. The van der Waals surface area contributed by atoms with Gasteiger partial charge < -0.3 is 9.80 Å². The summed E-state index contributed by atoms with van der Waals surface area (Å²) in [7, 11) is -0.861. The van der Waals surface area contributed by atoms with E-state index in [0.29, 0.717) is 6.54 Å². The van der Waals surface area contributed by atoms with E-state index in [1.165, 1.54) is 12.0 Å². The van der Waals surface area contributed by atoms with E-state index in [-0.39, 0.29) is 5.75 Å². The van der Waals surface area contributed by atoms with Gasteiger partial charge >= 0.3 is 0 Å². The van der Waals surface area contributed by atoms with E-state index in [9.17, 15) is 8.42 Å². The second kappa shape index (κ2) is 4.53. The maximum Gasteiger partial charge on any atom is 0.149 e. The summed E-state index contributed by atoms with van der Waals surface area (Å²) in [6.07, 6.45) is 3.27. The van der Waals surface area contributed by atoms with Gasteiger partial charge in [0, 0.05) is 37.1 Å². The van der Waals surface area contributed by atoms with E-state index < -0.39 is 9.84 Å². The average molecular weight is 283 g/mol. The summed E-state index contributed by atoms with van der Waals surface area (Å²) in [5.74, 6) is 0.215. The fourth-order valence-electron chi connectivity index (χ4n) is 1.27. The summed E-state index contributed by atoms with van der Waals surface area (Å²) in [6, 6.07) is 0. The molecule has 4 nitrogen and oxygen atoms in total. The van der Waals surface area contributed by atoms with Gasteiger partial charge in [-0.15, -0.1) is 0 Å². The number of allylic oxidation sites excluding steroid dienone is 1. The zero-order valence-electron chi connectivity index (χ0n) is 8.40. The Morgan fingerprint density at radius 3 is 2.64 bits per heavy atom. The molecule has 1 heterocycles. The van der Waals surface area contributed by atoms with Crippen LogP contribution in [0.25, 0.3) is 0 Å². The second-order valence-electron chi connectivity index (χ2n) is 3.54. The molecule has 0 radical (unpaired) electrons. The minimum absolute atomic E-state index is 0.215. The highest BCUT2D eigenvalue weighted by atomic mass is 79.9. The summed E-state index contributed by atoms with van der Waals surface area (Å²) in [6.45, 7) is 1.34. The highest BCUT2D eigenvalue weighted by Gasteiger charge is 2.17. The molecule has 0 aromatic heterocycles. The summed E-state index contributed by atoms with van der Waals surface area (Å²) >= 11 is 3.38. The molecule has 6 heteroatoms. The Kier molecular flexibility index (Phi) is 3.83. The first-order valence-corrected chi connectivity index (χ1v) is 7.50. The minimum atomic E-state index is -2.85. The Balaban J connectivity index is 2.46. The van der Waals surface area contributed by atoms with Crippen molar-refractivity contribution in [2.24, 2.45) is 0 Å². The fourth-order valence-corrected chi connectivity index (χ4v) is 2.41. The third-order valence-electron chi connectivity index (χ3n) is 2.10. The maximum absolute atomic E-state index is 11.0. The van der Waals surface area contributed by atoms with Crippen molar-refractivity contribution in [2.75, 3.05) is 37.6 Å². The highest BCUT2D eigenvalue weighted by Crippen LogP contribution is 2.15. The molecule has 1 aliphatic heterocycles. The van der Waals surface area contributed by atoms with Crippen LogP contribution < -0.4 is 0 Å². The Morgan fingerprint density at radius 2 is 2.21 bits per heavy atom. The van der Waals surface area contributed by atoms with Crippen LogP contribution in [0.4, 0.5) is 0 Å². The number of halogens is 1. The smallest absolute Gasteiger partial charge is 0.149 e. The molecule has 0 saturated heterocycles. The van der Waals surface area contributed by atoms with Gasteiger partial charge in [0.05, 0.1) is 12.4 Å². The van der Waals surface area contributed by atoms with Crippen molar-refractivity contribution in [3.63, 3.8) is 0 Å². The normalized spacial score (nSPS) is 17.5. The third kappa shape index (κ3) is 3.49. The van der Waals surface area contributed by atoms with Crippen molar-refractivity contribution >= 4 is 25.8 Å². The molecule has 0 unspecified atom stereocenters. The summed E-state index contributed by atoms with van der Waals surface area (Å²) < 4.78 is 21.9. The molecular formula is C8H15BrN2O2S. The van der Waals surface area contributed by atoms with Crippen LogP contribution >= 0.6 is 15.9 Å². The molecule has 0 atom stereocenters. The topological polar surface area (TPSA) is 40.6 Å². The molecule has 0 amide bonds. The van der Waals surface area contributed by atoms with Crippen molar-refractivity contribution in [1.29, 1.82) is 0 Å². The average Bonchev–Trinajstić information content (AvgIpc) is 2.42. The lowest BCUT2D eigenvalue weighted by Crippen LogP contribution is -2.28. The Hall–Kier alpha value is -0.230. The van der Waals surface area contributed by atoms with E-state index in [1.54, 1.807) is 0 Å². The van der Waals surface area contributed by atoms with Crippen molar-refractivity contribution in [2.45, 2.75) is 0 Å².